The Labute approximate surface area is 76.3 Å². The van der Waals surface area contributed by atoms with Crippen LogP contribution in [0.4, 0.5) is 0 Å². The summed E-state index contributed by atoms with van der Waals surface area (Å²) in [4.78, 5) is 10.4. The average molecular weight is 193 g/mol. The minimum Gasteiger partial charge on any atom is -0.507 e. The van der Waals surface area contributed by atoms with Gasteiger partial charge in [0, 0.05) is 0 Å². The summed E-state index contributed by atoms with van der Waals surface area (Å²) in [5.74, 6) is -0.132. The highest BCUT2D eigenvalue weighted by molar-refractivity contribution is 7.16. The van der Waals surface area contributed by atoms with E-state index >= 15 is 0 Å². The number of rotatable bonds is 0. The quantitative estimate of drug-likeness (QED) is 0.686. The van der Waals surface area contributed by atoms with Gasteiger partial charge in [-0.05, 0) is 12.1 Å². The number of fused-ring (bicyclic) bond motifs is 1. The first kappa shape index (κ1) is 7.83. The lowest BCUT2D eigenvalue weighted by molar-refractivity contribution is 0.474. The van der Waals surface area contributed by atoms with Gasteiger partial charge in [0.2, 0.25) is 0 Å². The SMILES string of the molecule is N#Cc1c(O)ccc2oc(=O)sc12. The molecule has 1 aromatic carbocycles. The molecule has 64 valence electrons. The summed E-state index contributed by atoms with van der Waals surface area (Å²) in [5, 5.41) is 17.9. The molecule has 0 unspecified atom stereocenters. The lowest BCUT2D eigenvalue weighted by atomic mass is 10.2. The second kappa shape index (κ2) is 2.61. The molecule has 2 rings (SSSR count). The smallest absolute Gasteiger partial charge is 0.396 e. The molecule has 2 aromatic rings. The van der Waals surface area contributed by atoms with Gasteiger partial charge < -0.3 is 9.52 Å². The van der Waals surface area contributed by atoms with Crippen LogP contribution in [-0.2, 0) is 0 Å². The van der Waals surface area contributed by atoms with Crippen LogP contribution in [0.1, 0.15) is 5.56 Å². The van der Waals surface area contributed by atoms with E-state index in [1.165, 1.54) is 12.1 Å². The molecule has 0 bridgehead atoms. The topological polar surface area (TPSA) is 74.2 Å². The number of nitrogens with zero attached hydrogens (tertiary/aromatic N) is 1. The molecule has 0 amide bonds. The lowest BCUT2D eigenvalue weighted by Crippen LogP contribution is -1.79. The van der Waals surface area contributed by atoms with Crippen LogP contribution in [-0.4, -0.2) is 5.11 Å². The molecule has 1 N–H and O–H groups in total. The number of phenols is 1. The second-order valence-electron chi connectivity index (χ2n) is 2.35. The van der Waals surface area contributed by atoms with Crippen LogP contribution >= 0.6 is 11.3 Å². The van der Waals surface area contributed by atoms with Crippen molar-refractivity contribution in [3.05, 3.63) is 27.4 Å². The van der Waals surface area contributed by atoms with Crippen molar-refractivity contribution in [2.75, 3.05) is 0 Å². The van der Waals surface area contributed by atoms with Crippen LogP contribution in [0.2, 0.25) is 0 Å². The summed E-state index contributed by atoms with van der Waals surface area (Å²) in [6.45, 7) is 0. The lowest BCUT2D eigenvalue weighted by Gasteiger charge is -1.93. The van der Waals surface area contributed by atoms with Gasteiger partial charge in [0.05, 0.1) is 4.70 Å². The number of phenolic OH excluding ortho intramolecular Hbond substituents is 1. The highest BCUT2D eigenvalue weighted by Gasteiger charge is 2.10. The summed E-state index contributed by atoms with van der Waals surface area (Å²) in [6.07, 6.45) is 0. The van der Waals surface area contributed by atoms with Crippen molar-refractivity contribution in [3.8, 4) is 11.8 Å². The van der Waals surface area contributed by atoms with Crippen molar-refractivity contribution in [2.24, 2.45) is 0 Å². The maximum absolute atomic E-state index is 10.8. The fourth-order valence-corrected chi connectivity index (χ4v) is 1.80. The first-order valence-corrected chi connectivity index (χ1v) is 4.20. The first-order chi connectivity index (χ1) is 6.22. The molecule has 0 aliphatic heterocycles. The highest BCUT2D eigenvalue weighted by Crippen LogP contribution is 2.27. The fourth-order valence-electron chi connectivity index (χ4n) is 1.04. The molecule has 0 saturated carbocycles. The van der Waals surface area contributed by atoms with Gasteiger partial charge in [-0.3, -0.25) is 0 Å². The van der Waals surface area contributed by atoms with Gasteiger partial charge in [0.15, 0.2) is 5.58 Å². The Balaban J connectivity index is 3.01. The number of hydrogen-bond donors (Lipinski definition) is 1. The highest BCUT2D eigenvalue weighted by atomic mass is 32.1. The Kier molecular flexibility index (Phi) is 1.57. The van der Waals surface area contributed by atoms with E-state index in [9.17, 15) is 9.90 Å². The molecule has 1 aromatic heterocycles. The van der Waals surface area contributed by atoms with E-state index in [0.717, 1.165) is 11.3 Å². The predicted octanol–water partition coefficient (Wildman–Crippen LogP) is 1.43. The fraction of sp³-hybridized carbons (Fsp3) is 0. The molecule has 0 spiro atoms. The summed E-state index contributed by atoms with van der Waals surface area (Å²) >= 11 is 0.813. The van der Waals surface area contributed by atoms with Gasteiger partial charge >= 0.3 is 4.94 Å². The van der Waals surface area contributed by atoms with Crippen molar-refractivity contribution < 1.29 is 9.52 Å². The summed E-state index contributed by atoms with van der Waals surface area (Å²) in [7, 11) is 0. The minimum atomic E-state index is -0.475. The summed E-state index contributed by atoms with van der Waals surface area (Å²) < 4.78 is 5.16. The first-order valence-electron chi connectivity index (χ1n) is 3.38. The third-order valence-corrected chi connectivity index (χ3v) is 2.45. The Morgan fingerprint density at radius 2 is 2.31 bits per heavy atom. The van der Waals surface area contributed by atoms with E-state index in [1.807, 2.05) is 6.07 Å². The summed E-state index contributed by atoms with van der Waals surface area (Å²) in [5.41, 5.74) is 0.428. The molecule has 0 aliphatic rings. The van der Waals surface area contributed by atoms with Crippen LogP contribution in [0.25, 0.3) is 10.3 Å². The van der Waals surface area contributed by atoms with Gasteiger partial charge in [-0.25, -0.2) is 4.79 Å². The Hall–Kier alpha value is -1.80. The average Bonchev–Trinajstić information content (AvgIpc) is 2.45. The molecule has 5 heteroatoms. The van der Waals surface area contributed by atoms with E-state index in [4.69, 9.17) is 9.68 Å². The maximum atomic E-state index is 10.8. The third-order valence-electron chi connectivity index (χ3n) is 1.59. The molecule has 0 saturated heterocycles. The van der Waals surface area contributed by atoms with Crippen LogP contribution in [0, 0.1) is 11.3 Å². The van der Waals surface area contributed by atoms with Crippen molar-refractivity contribution in [1.29, 1.82) is 5.26 Å². The van der Waals surface area contributed by atoms with E-state index in [-0.39, 0.29) is 11.3 Å². The van der Waals surface area contributed by atoms with Crippen LogP contribution in [0.15, 0.2) is 21.3 Å². The standard InChI is InChI=1S/C8H3NO3S/c9-3-4-5(10)1-2-6-7(4)13-8(11)12-6/h1-2,10H. The third kappa shape index (κ3) is 1.08. The monoisotopic (exact) mass is 193 g/mol. The Morgan fingerprint density at radius 3 is 3.00 bits per heavy atom. The van der Waals surface area contributed by atoms with E-state index in [2.05, 4.69) is 0 Å². The predicted molar refractivity (Wildman–Crippen MR) is 46.7 cm³/mol. The molecule has 0 radical (unpaired) electrons. The van der Waals surface area contributed by atoms with Crippen LogP contribution in [0.5, 0.6) is 5.75 Å². The van der Waals surface area contributed by atoms with Crippen molar-refractivity contribution in [3.63, 3.8) is 0 Å². The van der Waals surface area contributed by atoms with Crippen LogP contribution < -0.4 is 4.94 Å². The molecule has 4 nitrogen and oxygen atoms in total. The van der Waals surface area contributed by atoms with Gasteiger partial charge in [-0.1, -0.05) is 11.3 Å². The molecule has 0 fully saturated rings. The molecule has 0 atom stereocenters. The molecular weight excluding hydrogens is 190 g/mol. The molecule has 13 heavy (non-hydrogen) atoms. The van der Waals surface area contributed by atoms with Gasteiger partial charge in [0.25, 0.3) is 0 Å². The number of hydrogen-bond acceptors (Lipinski definition) is 5. The zero-order chi connectivity index (χ0) is 9.42. The molecular formula is C8H3NO3S. The van der Waals surface area contributed by atoms with Crippen molar-refractivity contribution in [1.82, 2.24) is 0 Å². The Bertz CT molecular complexity index is 561. The number of benzene rings is 1. The molecule has 0 aliphatic carbocycles. The van der Waals surface area contributed by atoms with Crippen LogP contribution in [0.3, 0.4) is 0 Å². The van der Waals surface area contributed by atoms with E-state index < -0.39 is 4.94 Å². The second-order valence-corrected chi connectivity index (χ2v) is 3.30. The Morgan fingerprint density at radius 1 is 1.54 bits per heavy atom. The summed E-state index contributed by atoms with van der Waals surface area (Å²) in [6, 6.07) is 4.60. The van der Waals surface area contributed by atoms with Crippen molar-refractivity contribution >= 4 is 21.6 Å². The number of aromatic hydroxyl groups is 1. The van der Waals surface area contributed by atoms with E-state index in [1.54, 1.807) is 0 Å². The van der Waals surface area contributed by atoms with Gasteiger partial charge in [-0.15, -0.1) is 0 Å². The minimum absolute atomic E-state index is 0.0911. The van der Waals surface area contributed by atoms with Gasteiger partial charge in [0.1, 0.15) is 17.4 Å². The zero-order valence-electron chi connectivity index (χ0n) is 6.27. The van der Waals surface area contributed by atoms with Gasteiger partial charge in [-0.2, -0.15) is 5.26 Å². The largest absolute Gasteiger partial charge is 0.507 e. The zero-order valence-corrected chi connectivity index (χ0v) is 7.09. The maximum Gasteiger partial charge on any atom is 0.396 e. The van der Waals surface area contributed by atoms with Crippen molar-refractivity contribution in [2.45, 2.75) is 0 Å². The normalized spacial score (nSPS) is 10.1. The molecule has 1 heterocycles. The number of nitriles is 1. The van der Waals surface area contributed by atoms with E-state index in [0.29, 0.717) is 10.3 Å².